The zero-order chi connectivity index (χ0) is 22.1. The average molecular weight is 427 g/mol. The molecule has 0 aliphatic heterocycles. The number of anilines is 1. The van der Waals surface area contributed by atoms with Gasteiger partial charge in [0.1, 0.15) is 17.0 Å². The molecule has 5 nitrogen and oxygen atoms in total. The standard InChI is InChI=1S/C22H13F4N3O2/c23-15-6-2-1-4-13(15)11-29-20-12(5-3-9-27-20)10-14(22(29)31)21(30)28-17-8-7-16(24)18(25)19(17)26/h1-10H,11H2,(H,28,30). The highest BCUT2D eigenvalue weighted by molar-refractivity contribution is 6.05. The number of amides is 1. The SMILES string of the molecule is O=C(Nc1ccc(F)c(F)c1F)c1cc2cccnc2n(Cc2ccccc2F)c1=O. The minimum absolute atomic E-state index is 0.195. The molecule has 0 fully saturated rings. The molecule has 0 saturated heterocycles. The Bertz CT molecular complexity index is 1390. The number of fused-ring (bicyclic) bond motifs is 1. The Hall–Kier alpha value is -4.01. The van der Waals surface area contributed by atoms with Crippen LogP contribution in [0.1, 0.15) is 15.9 Å². The summed E-state index contributed by atoms with van der Waals surface area (Å²) in [6.45, 7) is -0.209. The Kier molecular flexibility index (Phi) is 5.24. The van der Waals surface area contributed by atoms with E-state index < -0.39 is 46.0 Å². The van der Waals surface area contributed by atoms with Crippen LogP contribution in [0.3, 0.4) is 0 Å². The molecule has 1 amide bonds. The first-order chi connectivity index (χ1) is 14.9. The molecule has 0 spiro atoms. The second kappa shape index (κ2) is 8.02. The first-order valence-corrected chi connectivity index (χ1v) is 9.03. The highest BCUT2D eigenvalue weighted by Crippen LogP contribution is 2.21. The quantitative estimate of drug-likeness (QED) is 0.391. The molecule has 31 heavy (non-hydrogen) atoms. The Balaban J connectivity index is 1.81. The van der Waals surface area contributed by atoms with Crippen molar-refractivity contribution in [3.8, 4) is 0 Å². The van der Waals surface area contributed by atoms with Gasteiger partial charge in [-0.2, -0.15) is 0 Å². The molecule has 2 heterocycles. The van der Waals surface area contributed by atoms with Crippen LogP contribution in [0, 0.1) is 23.3 Å². The van der Waals surface area contributed by atoms with E-state index in [1.54, 1.807) is 18.2 Å². The first-order valence-electron chi connectivity index (χ1n) is 9.03. The van der Waals surface area contributed by atoms with Gasteiger partial charge in [-0.15, -0.1) is 0 Å². The lowest BCUT2D eigenvalue weighted by atomic mass is 10.1. The number of pyridine rings is 2. The number of hydrogen-bond donors (Lipinski definition) is 1. The topological polar surface area (TPSA) is 64.0 Å². The summed E-state index contributed by atoms with van der Waals surface area (Å²) in [5.74, 6) is -6.35. The van der Waals surface area contributed by atoms with Crippen molar-refractivity contribution in [1.29, 1.82) is 0 Å². The predicted molar refractivity (Wildman–Crippen MR) is 106 cm³/mol. The van der Waals surface area contributed by atoms with Gasteiger partial charge in [0.25, 0.3) is 11.5 Å². The molecule has 0 atom stereocenters. The molecule has 0 radical (unpaired) electrons. The molecule has 0 aliphatic carbocycles. The summed E-state index contributed by atoms with van der Waals surface area (Å²) in [6.07, 6.45) is 1.44. The maximum atomic E-state index is 14.1. The lowest BCUT2D eigenvalue weighted by Gasteiger charge is -2.13. The number of nitrogens with zero attached hydrogens (tertiary/aromatic N) is 2. The number of aromatic nitrogens is 2. The summed E-state index contributed by atoms with van der Waals surface area (Å²) in [7, 11) is 0. The Morgan fingerprint density at radius 3 is 2.48 bits per heavy atom. The normalized spacial score (nSPS) is 11.0. The third-order valence-corrected chi connectivity index (χ3v) is 4.66. The maximum absolute atomic E-state index is 14.1. The monoisotopic (exact) mass is 427 g/mol. The van der Waals surface area contributed by atoms with E-state index in [-0.39, 0.29) is 17.8 Å². The van der Waals surface area contributed by atoms with E-state index in [0.29, 0.717) is 11.5 Å². The molecule has 0 aliphatic rings. The van der Waals surface area contributed by atoms with Crippen LogP contribution in [0.15, 0.2) is 65.6 Å². The zero-order valence-electron chi connectivity index (χ0n) is 15.7. The van der Waals surface area contributed by atoms with Crippen LogP contribution in [-0.4, -0.2) is 15.5 Å². The number of benzene rings is 2. The van der Waals surface area contributed by atoms with E-state index in [9.17, 15) is 27.2 Å². The average Bonchev–Trinajstić information content (AvgIpc) is 2.77. The first kappa shape index (κ1) is 20.3. The van der Waals surface area contributed by atoms with Gasteiger partial charge in [0, 0.05) is 17.1 Å². The number of carbonyl (C=O) groups is 1. The van der Waals surface area contributed by atoms with Crippen LogP contribution in [0.5, 0.6) is 0 Å². The highest BCUT2D eigenvalue weighted by atomic mass is 19.2. The zero-order valence-corrected chi connectivity index (χ0v) is 15.7. The fraction of sp³-hybridized carbons (Fsp3) is 0.0455. The number of halogens is 4. The van der Waals surface area contributed by atoms with Crippen LogP contribution in [-0.2, 0) is 6.54 Å². The van der Waals surface area contributed by atoms with Crippen molar-refractivity contribution in [3.05, 3.63) is 106 Å². The van der Waals surface area contributed by atoms with E-state index in [4.69, 9.17) is 0 Å². The van der Waals surface area contributed by atoms with Crippen LogP contribution in [0.25, 0.3) is 11.0 Å². The summed E-state index contributed by atoms with van der Waals surface area (Å²) in [4.78, 5) is 29.9. The maximum Gasteiger partial charge on any atom is 0.265 e. The van der Waals surface area contributed by atoms with Gasteiger partial charge < -0.3 is 5.32 Å². The van der Waals surface area contributed by atoms with E-state index in [0.717, 1.165) is 10.6 Å². The van der Waals surface area contributed by atoms with Crippen LogP contribution in [0.2, 0.25) is 0 Å². The fourth-order valence-corrected chi connectivity index (χ4v) is 3.12. The largest absolute Gasteiger partial charge is 0.319 e. The fourth-order valence-electron chi connectivity index (χ4n) is 3.12. The summed E-state index contributed by atoms with van der Waals surface area (Å²) >= 11 is 0. The van der Waals surface area contributed by atoms with Crippen LogP contribution < -0.4 is 10.9 Å². The van der Waals surface area contributed by atoms with Gasteiger partial charge >= 0.3 is 0 Å². The molecule has 9 heteroatoms. The van der Waals surface area contributed by atoms with Crippen molar-refractivity contribution < 1.29 is 22.4 Å². The Morgan fingerprint density at radius 1 is 0.935 bits per heavy atom. The van der Waals surface area contributed by atoms with Crippen LogP contribution in [0.4, 0.5) is 23.2 Å². The van der Waals surface area contributed by atoms with E-state index in [1.807, 2.05) is 0 Å². The van der Waals surface area contributed by atoms with Crippen molar-refractivity contribution >= 4 is 22.6 Å². The molecular weight excluding hydrogens is 414 g/mol. The van der Waals surface area contributed by atoms with Gasteiger partial charge in [0.15, 0.2) is 17.5 Å². The van der Waals surface area contributed by atoms with Crippen molar-refractivity contribution in [2.24, 2.45) is 0 Å². The molecule has 0 unspecified atom stereocenters. The van der Waals surface area contributed by atoms with Gasteiger partial charge in [-0.3, -0.25) is 14.2 Å². The number of carbonyl (C=O) groups excluding carboxylic acids is 1. The van der Waals surface area contributed by atoms with Gasteiger partial charge in [-0.1, -0.05) is 18.2 Å². The number of hydrogen-bond acceptors (Lipinski definition) is 3. The lowest BCUT2D eigenvalue weighted by Crippen LogP contribution is -2.30. The van der Waals surface area contributed by atoms with E-state index >= 15 is 0 Å². The summed E-state index contributed by atoms with van der Waals surface area (Å²) < 4.78 is 55.8. The minimum Gasteiger partial charge on any atom is -0.319 e. The molecule has 0 saturated carbocycles. The molecule has 4 rings (SSSR count). The Morgan fingerprint density at radius 2 is 1.71 bits per heavy atom. The lowest BCUT2D eigenvalue weighted by molar-refractivity contribution is 0.102. The van der Waals surface area contributed by atoms with Crippen molar-refractivity contribution in [3.63, 3.8) is 0 Å². The van der Waals surface area contributed by atoms with Crippen molar-refractivity contribution in [2.45, 2.75) is 6.54 Å². The highest BCUT2D eigenvalue weighted by Gasteiger charge is 2.20. The molecule has 4 aromatic rings. The molecule has 156 valence electrons. The van der Waals surface area contributed by atoms with Gasteiger partial charge in [0.05, 0.1) is 12.2 Å². The smallest absolute Gasteiger partial charge is 0.265 e. The third kappa shape index (κ3) is 3.77. The van der Waals surface area contributed by atoms with Gasteiger partial charge in [-0.05, 0) is 36.4 Å². The van der Waals surface area contributed by atoms with Crippen molar-refractivity contribution in [1.82, 2.24) is 9.55 Å². The van der Waals surface area contributed by atoms with Crippen LogP contribution >= 0.6 is 0 Å². The van der Waals surface area contributed by atoms with Gasteiger partial charge in [-0.25, -0.2) is 22.5 Å². The molecule has 2 aromatic heterocycles. The molecule has 1 N–H and O–H groups in total. The number of nitrogens with one attached hydrogen (secondary N) is 1. The Labute approximate surface area is 172 Å². The summed E-state index contributed by atoms with van der Waals surface area (Å²) in [6, 6.07) is 11.7. The van der Waals surface area contributed by atoms with E-state index in [2.05, 4.69) is 10.3 Å². The second-order valence-corrected chi connectivity index (χ2v) is 6.63. The molecule has 0 bridgehead atoms. The predicted octanol–water partition coefficient (Wildman–Crippen LogP) is 4.25. The van der Waals surface area contributed by atoms with Crippen molar-refractivity contribution in [2.75, 3.05) is 5.32 Å². The summed E-state index contributed by atoms with van der Waals surface area (Å²) in [5.41, 5.74) is -1.43. The molecular formula is C22H13F4N3O2. The third-order valence-electron chi connectivity index (χ3n) is 4.66. The molecule has 2 aromatic carbocycles. The van der Waals surface area contributed by atoms with E-state index in [1.165, 1.54) is 30.5 Å². The number of rotatable bonds is 4. The minimum atomic E-state index is -1.75. The summed E-state index contributed by atoms with van der Waals surface area (Å²) in [5, 5.41) is 2.47. The van der Waals surface area contributed by atoms with Gasteiger partial charge in [0.2, 0.25) is 0 Å². The second-order valence-electron chi connectivity index (χ2n) is 6.63.